The van der Waals surface area contributed by atoms with E-state index in [4.69, 9.17) is 9.97 Å². The molecule has 1 aromatic carbocycles. The molecular formula is C48H62N8O. The Morgan fingerprint density at radius 2 is 1.40 bits per heavy atom. The first-order valence-corrected chi connectivity index (χ1v) is 23.4. The van der Waals surface area contributed by atoms with Crippen LogP contribution in [0, 0.1) is 40.9 Å². The summed E-state index contributed by atoms with van der Waals surface area (Å²) in [6.07, 6.45) is 23.3. The molecular weight excluding hydrogens is 705 g/mol. The first-order chi connectivity index (χ1) is 27.8. The molecule has 9 heteroatoms. The van der Waals surface area contributed by atoms with Gasteiger partial charge in [-0.15, -0.1) is 0 Å². The van der Waals surface area contributed by atoms with E-state index in [1.807, 2.05) is 0 Å². The summed E-state index contributed by atoms with van der Waals surface area (Å²) in [5.41, 5.74) is 5.33. The fourth-order valence-corrected chi connectivity index (χ4v) is 16.5. The lowest BCUT2D eigenvalue weighted by molar-refractivity contribution is -0.126. The smallest absolute Gasteiger partial charge is 0.270 e. The second kappa shape index (κ2) is 12.2. The van der Waals surface area contributed by atoms with Crippen LogP contribution in [0.15, 0.2) is 36.4 Å². The molecule has 8 bridgehead atoms. The van der Waals surface area contributed by atoms with Crippen LogP contribution < -0.4 is 15.5 Å². The van der Waals surface area contributed by atoms with Crippen LogP contribution in [-0.2, 0) is 11.2 Å². The van der Waals surface area contributed by atoms with Crippen molar-refractivity contribution in [2.45, 2.75) is 127 Å². The van der Waals surface area contributed by atoms with Crippen LogP contribution in [-0.4, -0.2) is 80.6 Å². The summed E-state index contributed by atoms with van der Waals surface area (Å²) < 4.78 is 2.41. The zero-order valence-corrected chi connectivity index (χ0v) is 34.2. The lowest BCUT2D eigenvalue weighted by Gasteiger charge is -2.57. The lowest BCUT2D eigenvalue weighted by Crippen LogP contribution is -2.55. The maximum atomic E-state index is 15.0. The van der Waals surface area contributed by atoms with E-state index in [9.17, 15) is 0 Å². The van der Waals surface area contributed by atoms with Crippen LogP contribution in [0.1, 0.15) is 121 Å². The maximum Gasteiger partial charge on any atom is 0.270 e. The molecule has 2 atom stereocenters. The molecule has 15 rings (SSSR count). The minimum absolute atomic E-state index is 0.00572. The van der Waals surface area contributed by atoms with E-state index < -0.39 is 0 Å². The maximum absolute atomic E-state index is 15.0. The van der Waals surface area contributed by atoms with Crippen LogP contribution in [0.25, 0.3) is 16.6 Å². The molecule has 2 N–H and O–H groups in total. The fraction of sp³-hybridized carbons (Fsp3) is 0.688. The van der Waals surface area contributed by atoms with Crippen molar-refractivity contribution in [2.75, 3.05) is 54.8 Å². The van der Waals surface area contributed by atoms with Gasteiger partial charge < -0.3 is 25.0 Å². The van der Waals surface area contributed by atoms with Crippen LogP contribution in [0.2, 0.25) is 0 Å². The predicted octanol–water partition coefficient (Wildman–Crippen LogP) is 8.49. The molecule has 0 spiro atoms. The summed E-state index contributed by atoms with van der Waals surface area (Å²) >= 11 is 0. The first kappa shape index (κ1) is 34.3. The van der Waals surface area contributed by atoms with Crippen molar-refractivity contribution in [2.24, 2.45) is 40.9 Å². The number of piperidine rings is 1. The number of hydrogen-bond acceptors (Lipinski definition) is 7. The molecule has 57 heavy (non-hydrogen) atoms. The second-order valence-corrected chi connectivity index (χ2v) is 21.5. The number of nitrogens with zero attached hydrogens (tertiary/aromatic N) is 6. The average Bonchev–Trinajstić information content (AvgIpc) is 3.53. The number of amides is 1. The van der Waals surface area contributed by atoms with Crippen molar-refractivity contribution >= 4 is 40.1 Å². The number of benzene rings is 1. The topological polar surface area (TPSA) is 81.6 Å². The summed E-state index contributed by atoms with van der Waals surface area (Å²) in [5.74, 6) is 8.31. The van der Waals surface area contributed by atoms with Crippen molar-refractivity contribution in [3.63, 3.8) is 0 Å². The molecule has 300 valence electrons. The molecule has 8 aliphatic carbocycles. The van der Waals surface area contributed by atoms with Gasteiger partial charge in [-0.3, -0.25) is 9.69 Å². The average molecular weight is 767 g/mol. The largest absolute Gasteiger partial charge is 0.364 e. The normalized spacial score (nSPS) is 39.7. The Hall–Kier alpha value is -3.59. The molecule has 1 amide bonds. The molecule has 9 nitrogen and oxygen atoms in total. The third-order valence-electron chi connectivity index (χ3n) is 17.9. The third-order valence-corrected chi connectivity index (χ3v) is 17.9. The molecule has 12 aliphatic rings. The highest BCUT2D eigenvalue weighted by Gasteiger charge is 2.54. The van der Waals surface area contributed by atoms with Crippen LogP contribution in [0.5, 0.6) is 0 Å². The Morgan fingerprint density at radius 1 is 0.772 bits per heavy atom. The number of anilines is 3. The highest BCUT2D eigenvalue weighted by Crippen LogP contribution is 2.59. The third kappa shape index (κ3) is 5.24. The number of piperazine rings is 1. The van der Waals surface area contributed by atoms with E-state index in [1.165, 1.54) is 106 Å². The zero-order valence-electron chi connectivity index (χ0n) is 34.2. The van der Waals surface area contributed by atoms with Crippen LogP contribution in [0.4, 0.5) is 17.6 Å². The molecule has 0 unspecified atom stereocenters. The van der Waals surface area contributed by atoms with Gasteiger partial charge in [0.05, 0.1) is 11.6 Å². The van der Waals surface area contributed by atoms with Gasteiger partial charge in [0.25, 0.3) is 5.91 Å². The fourth-order valence-electron chi connectivity index (χ4n) is 16.5. The monoisotopic (exact) mass is 767 g/mol. The van der Waals surface area contributed by atoms with Gasteiger partial charge in [0.1, 0.15) is 17.3 Å². The van der Waals surface area contributed by atoms with Gasteiger partial charge in [-0.2, -0.15) is 9.97 Å². The standard InChI is InChI=1S/C48H62N8O/c1-2-46-9-5-10-54-11-8-37-36-6-3-4-7-38(36)56(42(37)43(46)54)39(29-46)44(57)55-14-12-53(13-15-55)41-22-40(51-47-23-30-16-31(24-47)18-32(17-30)25-47)49-45(50-41)52-48-26-33-19-34(27-48)21-35(20-33)28-48/h3-4,6-7,22,29-35,43H,2,5,8-21,23-28H2,1H3,(H2,49,50,51,52)/t30?,31?,32?,33?,34?,35?,43-,46+,47?,48?/m1/s1. The van der Waals surface area contributed by atoms with Crippen molar-refractivity contribution in [3.05, 3.63) is 47.7 Å². The number of para-hydroxylation sites is 1. The Balaban J connectivity index is 0.805. The van der Waals surface area contributed by atoms with E-state index in [-0.39, 0.29) is 22.4 Å². The van der Waals surface area contributed by atoms with Gasteiger partial charge in [-0.1, -0.05) is 25.1 Å². The number of hydrogen-bond donors (Lipinski definition) is 2. The molecule has 6 heterocycles. The summed E-state index contributed by atoms with van der Waals surface area (Å²) in [4.78, 5) is 33.1. The Labute approximate surface area is 338 Å². The molecule has 4 aliphatic heterocycles. The van der Waals surface area contributed by atoms with E-state index in [1.54, 1.807) is 0 Å². The highest BCUT2D eigenvalue weighted by atomic mass is 16.2. The SMILES string of the molecule is CC[C@@]12C=C(C(=O)N3CCN(c4cc(NC56CC7CC(CC(C7)C5)C6)nc(NC56CC7CC(CC(C7)C5)C6)n4)CC3)n3c4c(c5ccccc53)CCN(CCC1)[C@H]42. The highest BCUT2D eigenvalue weighted by molar-refractivity contribution is 6.16. The van der Waals surface area contributed by atoms with Gasteiger partial charge in [0.15, 0.2) is 0 Å². The van der Waals surface area contributed by atoms with E-state index in [2.05, 4.69) is 73.2 Å². The second-order valence-electron chi connectivity index (χ2n) is 21.5. The number of carbonyl (C=O) groups is 1. The minimum atomic E-state index is 0.00572. The van der Waals surface area contributed by atoms with Crippen LogP contribution >= 0.6 is 0 Å². The summed E-state index contributed by atoms with van der Waals surface area (Å²) in [7, 11) is 0. The van der Waals surface area contributed by atoms with Crippen molar-refractivity contribution in [1.82, 2.24) is 24.3 Å². The molecule has 10 fully saturated rings. The van der Waals surface area contributed by atoms with E-state index in [0.717, 1.165) is 104 Å². The van der Waals surface area contributed by atoms with Gasteiger partial charge >= 0.3 is 0 Å². The Morgan fingerprint density at radius 3 is 2.05 bits per heavy atom. The van der Waals surface area contributed by atoms with Crippen molar-refractivity contribution < 1.29 is 4.79 Å². The Kier molecular flexibility index (Phi) is 7.36. The van der Waals surface area contributed by atoms with Crippen molar-refractivity contribution in [1.29, 1.82) is 0 Å². The molecule has 3 aromatic rings. The van der Waals surface area contributed by atoms with Gasteiger partial charge in [0, 0.05) is 66.4 Å². The number of nitrogens with one attached hydrogen (secondary N) is 2. The van der Waals surface area contributed by atoms with Gasteiger partial charge in [0.2, 0.25) is 5.95 Å². The number of fused-ring (bicyclic) bond motifs is 3. The van der Waals surface area contributed by atoms with Crippen LogP contribution in [0.3, 0.4) is 0 Å². The van der Waals surface area contributed by atoms with Gasteiger partial charge in [-0.05, 0) is 162 Å². The Bertz CT molecular complexity index is 2040. The summed E-state index contributed by atoms with van der Waals surface area (Å²) in [5, 5.41) is 9.58. The summed E-state index contributed by atoms with van der Waals surface area (Å²) in [6, 6.07) is 11.5. The number of carbonyl (C=O) groups excluding carboxylic acids is 1. The molecule has 2 aromatic heterocycles. The summed E-state index contributed by atoms with van der Waals surface area (Å²) in [6.45, 7) is 7.60. The first-order valence-electron chi connectivity index (χ1n) is 23.4. The zero-order chi connectivity index (χ0) is 37.7. The van der Waals surface area contributed by atoms with E-state index >= 15 is 4.79 Å². The van der Waals surface area contributed by atoms with E-state index in [0.29, 0.717) is 19.1 Å². The minimum Gasteiger partial charge on any atom is -0.364 e. The molecule has 8 saturated carbocycles. The van der Waals surface area contributed by atoms with Gasteiger partial charge in [-0.25, -0.2) is 0 Å². The van der Waals surface area contributed by atoms with Crippen molar-refractivity contribution in [3.8, 4) is 0 Å². The number of rotatable bonds is 7. The number of aromatic nitrogens is 3. The lowest BCUT2D eigenvalue weighted by atomic mass is 9.53. The quantitative estimate of drug-likeness (QED) is 0.250. The predicted molar refractivity (Wildman–Crippen MR) is 226 cm³/mol. The molecule has 2 saturated heterocycles. The molecule has 0 radical (unpaired) electrons.